The van der Waals surface area contributed by atoms with Crippen molar-refractivity contribution >= 4 is 11.9 Å². The Bertz CT molecular complexity index is 192. The molecule has 1 unspecified atom stereocenters. The van der Waals surface area contributed by atoms with Gasteiger partial charge in [0.15, 0.2) is 0 Å². The van der Waals surface area contributed by atoms with E-state index in [1.165, 1.54) is 7.11 Å². The molecule has 0 heterocycles. The van der Waals surface area contributed by atoms with Gasteiger partial charge in [0.1, 0.15) is 6.04 Å². The Balaban J connectivity index is 4.10. The summed E-state index contributed by atoms with van der Waals surface area (Å²) in [4.78, 5) is 21.6. The van der Waals surface area contributed by atoms with Gasteiger partial charge in [-0.2, -0.15) is 0 Å². The van der Waals surface area contributed by atoms with Crippen molar-refractivity contribution in [3.63, 3.8) is 0 Å². The van der Waals surface area contributed by atoms with E-state index in [1.807, 2.05) is 13.8 Å². The number of hydrogen-bond acceptors (Lipinski definition) is 4. The monoisotopic (exact) mass is 188 g/mol. The molecule has 0 aliphatic rings. The van der Waals surface area contributed by atoms with Crippen LogP contribution in [0.1, 0.15) is 13.8 Å². The Morgan fingerprint density at radius 3 is 2.31 bits per heavy atom. The Morgan fingerprint density at radius 2 is 2.00 bits per heavy atom. The minimum atomic E-state index is -0.491. The third-order valence-corrected chi connectivity index (χ3v) is 1.62. The third kappa shape index (κ3) is 4.47. The first kappa shape index (κ1) is 11.9. The molecule has 13 heavy (non-hydrogen) atoms. The van der Waals surface area contributed by atoms with E-state index in [4.69, 9.17) is 5.73 Å². The molecule has 1 amide bonds. The van der Waals surface area contributed by atoms with Gasteiger partial charge in [-0.25, -0.2) is 0 Å². The second kappa shape index (κ2) is 5.53. The van der Waals surface area contributed by atoms with Gasteiger partial charge in [-0.1, -0.05) is 13.8 Å². The maximum atomic E-state index is 11.1. The fourth-order valence-electron chi connectivity index (χ4n) is 0.929. The maximum absolute atomic E-state index is 11.1. The molecule has 0 aromatic carbocycles. The van der Waals surface area contributed by atoms with E-state index in [-0.39, 0.29) is 18.4 Å². The number of rotatable bonds is 5. The lowest BCUT2D eigenvalue weighted by Crippen LogP contribution is -2.45. The molecule has 5 nitrogen and oxygen atoms in total. The van der Waals surface area contributed by atoms with E-state index < -0.39 is 11.9 Å². The first-order valence-electron chi connectivity index (χ1n) is 4.08. The molecule has 0 aromatic heterocycles. The van der Waals surface area contributed by atoms with E-state index in [1.54, 1.807) is 0 Å². The highest BCUT2D eigenvalue weighted by molar-refractivity contribution is 5.79. The zero-order valence-electron chi connectivity index (χ0n) is 8.16. The fraction of sp³-hybridized carbons (Fsp3) is 0.750. The van der Waals surface area contributed by atoms with Crippen LogP contribution in [0.5, 0.6) is 0 Å². The van der Waals surface area contributed by atoms with Crippen molar-refractivity contribution in [3.8, 4) is 0 Å². The summed E-state index contributed by atoms with van der Waals surface area (Å²) in [5.41, 5.74) is 4.93. The van der Waals surface area contributed by atoms with Crippen LogP contribution in [0.3, 0.4) is 0 Å². The maximum Gasteiger partial charge on any atom is 0.323 e. The van der Waals surface area contributed by atoms with Crippen LogP contribution in [0.2, 0.25) is 0 Å². The molecule has 0 saturated heterocycles. The van der Waals surface area contributed by atoms with Crippen LogP contribution >= 0.6 is 0 Å². The molecule has 0 rings (SSSR count). The fourth-order valence-corrected chi connectivity index (χ4v) is 0.929. The van der Waals surface area contributed by atoms with Gasteiger partial charge in [-0.05, 0) is 5.92 Å². The second-order valence-electron chi connectivity index (χ2n) is 3.09. The predicted molar refractivity (Wildman–Crippen MR) is 47.8 cm³/mol. The predicted octanol–water partition coefficient (Wildman–Crippen LogP) is -0.741. The topological polar surface area (TPSA) is 81.4 Å². The lowest BCUT2D eigenvalue weighted by atomic mass is 10.1. The van der Waals surface area contributed by atoms with Crippen LogP contribution in [-0.4, -0.2) is 31.6 Å². The van der Waals surface area contributed by atoms with Crippen LogP contribution in [-0.2, 0) is 14.3 Å². The van der Waals surface area contributed by atoms with Crippen molar-refractivity contribution in [2.24, 2.45) is 11.7 Å². The Morgan fingerprint density at radius 1 is 1.46 bits per heavy atom. The average molecular weight is 188 g/mol. The smallest absolute Gasteiger partial charge is 0.323 e. The highest BCUT2D eigenvalue weighted by Crippen LogP contribution is 2.02. The normalized spacial score (nSPS) is 12.6. The van der Waals surface area contributed by atoms with Crippen molar-refractivity contribution in [2.45, 2.75) is 19.9 Å². The number of esters is 1. The van der Waals surface area contributed by atoms with E-state index in [9.17, 15) is 9.59 Å². The molecule has 76 valence electrons. The van der Waals surface area contributed by atoms with Crippen LogP contribution in [0.4, 0.5) is 0 Å². The minimum Gasteiger partial charge on any atom is -0.468 e. The number of nitrogens with one attached hydrogen (secondary N) is 1. The zero-order chi connectivity index (χ0) is 10.4. The standard InChI is InChI=1S/C8H16N2O3/c1-5(2)7(8(12)13-3)10-4-6(9)11/h5,7,10H,4H2,1-3H3,(H2,9,11). The van der Waals surface area contributed by atoms with Gasteiger partial charge in [0.25, 0.3) is 0 Å². The summed E-state index contributed by atoms with van der Waals surface area (Å²) < 4.78 is 4.55. The number of carbonyl (C=O) groups excluding carboxylic acids is 2. The molecule has 0 spiro atoms. The number of carbonyl (C=O) groups is 2. The number of ether oxygens (including phenoxy) is 1. The first-order chi connectivity index (χ1) is 5.99. The number of nitrogens with two attached hydrogens (primary N) is 1. The van der Waals surface area contributed by atoms with Crippen LogP contribution in [0, 0.1) is 5.92 Å². The van der Waals surface area contributed by atoms with Crippen LogP contribution < -0.4 is 11.1 Å². The third-order valence-electron chi connectivity index (χ3n) is 1.62. The van der Waals surface area contributed by atoms with E-state index >= 15 is 0 Å². The molecule has 0 fully saturated rings. The number of methoxy groups -OCH3 is 1. The Hall–Kier alpha value is -1.10. The van der Waals surface area contributed by atoms with Gasteiger partial charge in [0.2, 0.25) is 5.91 Å². The molecular formula is C8H16N2O3. The van der Waals surface area contributed by atoms with Crippen molar-refractivity contribution in [3.05, 3.63) is 0 Å². The summed E-state index contributed by atoms with van der Waals surface area (Å²) in [5, 5.41) is 2.72. The molecule has 5 heteroatoms. The molecule has 1 atom stereocenters. The quantitative estimate of drug-likeness (QED) is 0.557. The van der Waals surface area contributed by atoms with Crippen LogP contribution in [0.15, 0.2) is 0 Å². The van der Waals surface area contributed by atoms with Crippen LogP contribution in [0.25, 0.3) is 0 Å². The first-order valence-corrected chi connectivity index (χ1v) is 4.08. The van der Waals surface area contributed by atoms with Crippen molar-refractivity contribution in [1.29, 1.82) is 0 Å². The largest absolute Gasteiger partial charge is 0.468 e. The van der Waals surface area contributed by atoms with Crippen molar-refractivity contribution in [1.82, 2.24) is 5.32 Å². The molecule has 0 aliphatic carbocycles. The van der Waals surface area contributed by atoms with Gasteiger partial charge in [0.05, 0.1) is 13.7 Å². The zero-order valence-corrected chi connectivity index (χ0v) is 8.16. The minimum absolute atomic E-state index is 0.0159. The summed E-state index contributed by atoms with van der Waals surface area (Å²) in [5.74, 6) is -0.808. The number of primary amides is 1. The van der Waals surface area contributed by atoms with Gasteiger partial charge in [-0.15, -0.1) is 0 Å². The summed E-state index contributed by atoms with van der Waals surface area (Å²) in [6, 6.07) is -0.475. The molecule has 0 aliphatic heterocycles. The molecule has 3 N–H and O–H groups in total. The Labute approximate surface area is 77.6 Å². The highest BCUT2D eigenvalue weighted by Gasteiger charge is 2.22. The average Bonchev–Trinajstić information content (AvgIpc) is 2.03. The summed E-state index contributed by atoms with van der Waals surface area (Å²) in [7, 11) is 1.31. The lowest BCUT2D eigenvalue weighted by molar-refractivity contribution is -0.144. The molecule has 0 saturated carbocycles. The molecule has 0 radical (unpaired) electrons. The van der Waals surface area contributed by atoms with Gasteiger partial charge in [-0.3, -0.25) is 14.9 Å². The lowest BCUT2D eigenvalue weighted by Gasteiger charge is -2.18. The number of hydrogen-bond donors (Lipinski definition) is 2. The van der Waals surface area contributed by atoms with Gasteiger partial charge < -0.3 is 10.5 Å². The molecular weight excluding hydrogens is 172 g/mol. The second-order valence-corrected chi connectivity index (χ2v) is 3.09. The Kier molecular flexibility index (Phi) is 5.06. The molecule has 0 bridgehead atoms. The summed E-state index contributed by atoms with van der Waals surface area (Å²) >= 11 is 0. The van der Waals surface area contributed by atoms with E-state index in [0.29, 0.717) is 0 Å². The van der Waals surface area contributed by atoms with Gasteiger partial charge >= 0.3 is 5.97 Å². The SMILES string of the molecule is COC(=O)C(NCC(N)=O)C(C)C. The summed E-state index contributed by atoms with van der Waals surface area (Å²) in [6.45, 7) is 3.70. The molecule has 0 aromatic rings. The number of amides is 1. The highest BCUT2D eigenvalue weighted by atomic mass is 16.5. The van der Waals surface area contributed by atoms with E-state index in [0.717, 1.165) is 0 Å². The van der Waals surface area contributed by atoms with Crippen molar-refractivity contribution in [2.75, 3.05) is 13.7 Å². The van der Waals surface area contributed by atoms with E-state index in [2.05, 4.69) is 10.1 Å². The van der Waals surface area contributed by atoms with Crippen molar-refractivity contribution < 1.29 is 14.3 Å². The van der Waals surface area contributed by atoms with Gasteiger partial charge in [0, 0.05) is 0 Å². The summed E-state index contributed by atoms with van der Waals surface area (Å²) in [6.07, 6.45) is 0.